The first kappa shape index (κ1) is 15.8. The third kappa shape index (κ3) is 3.31. The van der Waals surface area contributed by atoms with Gasteiger partial charge in [-0.1, -0.05) is 6.07 Å². The monoisotopic (exact) mass is 322 g/mol. The van der Waals surface area contributed by atoms with Crippen molar-refractivity contribution in [3.63, 3.8) is 0 Å². The molecule has 0 aliphatic carbocycles. The second-order valence-electron chi connectivity index (χ2n) is 5.42. The predicted molar refractivity (Wildman–Crippen MR) is 90.9 cm³/mol. The fraction of sp³-hybridized carbons (Fsp3) is 0.176. The zero-order valence-corrected chi connectivity index (χ0v) is 13.5. The number of anilines is 1. The lowest BCUT2D eigenvalue weighted by molar-refractivity contribution is 0.102. The fourth-order valence-electron chi connectivity index (χ4n) is 2.36. The molecule has 0 aromatic carbocycles. The minimum absolute atomic E-state index is 0.292. The average Bonchev–Trinajstić information content (AvgIpc) is 2.94. The van der Waals surface area contributed by atoms with Crippen LogP contribution in [-0.2, 0) is 6.54 Å². The third-order valence-corrected chi connectivity index (χ3v) is 3.48. The maximum absolute atomic E-state index is 12.2. The lowest BCUT2D eigenvalue weighted by Crippen LogP contribution is -2.15. The maximum atomic E-state index is 12.2. The number of amides is 1. The summed E-state index contributed by atoms with van der Waals surface area (Å²) in [7, 11) is 0. The Morgan fingerprint density at radius 3 is 2.71 bits per heavy atom. The van der Waals surface area contributed by atoms with Crippen molar-refractivity contribution >= 4 is 11.6 Å². The van der Waals surface area contributed by atoms with E-state index in [0.29, 0.717) is 29.4 Å². The summed E-state index contributed by atoms with van der Waals surface area (Å²) in [6.45, 7) is 4.19. The number of carbonyl (C=O) groups excluding carboxylic acids is 1. The highest BCUT2D eigenvalue weighted by Gasteiger charge is 2.09. The molecule has 0 atom stereocenters. The van der Waals surface area contributed by atoms with Gasteiger partial charge in [0, 0.05) is 12.2 Å². The normalized spacial score (nSPS) is 10.6. The second-order valence-corrected chi connectivity index (χ2v) is 5.42. The van der Waals surface area contributed by atoms with E-state index in [1.54, 1.807) is 41.2 Å². The summed E-state index contributed by atoms with van der Waals surface area (Å²) in [6.07, 6.45) is 1.59. The van der Waals surface area contributed by atoms with Crippen molar-refractivity contribution in [2.24, 2.45) is 5.73 Å². The Morgan fingerprint density at radius 1 is 1.25 bits per heavy atom. The van der Waals surface area contributed by atoms with E-state index in [1.807, 2.05) is 19.9 Å². The van der Waals surface area contributed by atoms with E-state index in [-0.39, 0.29) is 5.91 Å². The highest BCUT2D eigenvalue weighted by atomic mass is 16.1. The molecule has 24 heavy (non-hydrogen) atoms. The van der Waals surface area contributed by atoms with Crippen LogP contribution in [0.2, 0.25) is 0 Å². The van der Waals surface area contributed by atoms with Crippen LogP contribution in [0, 0.1) is 13.8 Å². The first-order valence-corrected chi connectivity index (χ1v) is 7.54. The molecule has 7 heteroatoms. The highest BCUT2D eigenvalue weighted by molar-refractivity contribution is 6.02. The minimum Gasteiger partial charge on any atom is -0.325 e. The number of nitrogens with two attached hydrogens (primary N) is 1. The standard InChI is InChI=1S/C17H18N6O/c1-11-8-12(2)23(22-11)16-7-6-14(10-19-16)21-17(24)15-5-3-4-13(9-18)20-15/h3-8,10H,9,18H2,1-2H3,(H,21,24). The lowest BCUT2D eigenvalue weighted by atomic mass is 10.3. The van der Waals surface area contributed by atoms with Gasteiger partial charge in [-0.15, -0.1) is 0 Å². The molecule has 0 radical (unpaired) electrons. The van der Waals surface area contributed by atoms with Crippen LogP contribution in [0.3, 0.4) is 0 Å². The molecule has 0 aliphatic heterocycles. The maximum Gasteiger partial charge on any atom is 0.274 e. The molecule has 3 N–H and O–H groups in total. The molecule has 0 bridgehead atoms. The van der Waals surface area contributed by atoms with Crippen molar-refractivity contribution in [3.8, 4) is 5.82 Å². The Morgan fingerprint density at radius 2 is 2.08 bits per heavy atom. The first-order valence-electron chi connectivity index (χ1n) is 7.54. The average molecular weight is 322 g/mol. The Kier molecular flexibility index (Phi) is 4.35. The summed E-state index contributed by atoms with van der Waals surface area (Å²) in [4.78, 5) is 20.8. The summed E-state index contributed by atoms with van der Waals surface area (Å²) in [5.41, 5.74) is 9.05. The van der Waals surface area contributed by atoms with Gasteiger partial charge in [-0.2, -0.15) is 5.10 Å². The van der Waals surface area contributed by atoms with E-state index >= 15 is 0 Å². The van der Waals surface area contributed by atoms with Gasteiger partial charge in [-0.3, -0.25) is 4.79 Å². The molecule has 3 heterocycles. The van der Waals surface area contributed by atoms with Gasteiger partial charge in [-0.25, -0.2) is 14.6 Å². The van der Waals surface area contributed by atoms with Crippen molar-refractivity contribution in [1.82, 2.24) is 19.7 Å². The van der Waals surface area contributed by atoms with Crippen LogP contribution < -0.4 is 11.1 Å². The van der Waals surface area contributed by atoms with Crippen LogP contribution in [0.5, 0.6) is 0 Å². The molecule has 0 unspecified atom stereocenters. The summed E-state index contributed by atoms with van der Waals surface area (Å²) in [5, 5.41) is 7.16. The summed E-state index contributed by atoms with van der Waals surface area (Å²) >= 11 is 0. The number of aryl methyl sites for hydroxylation is 2. The van der Waals surface area contributed by atoms with Gasteiger partial charge >= 0.3 is 0 Å². The predicted octanol–water partition coefficient (Wildman–Crippen LogP) is 1.99. The first-order chi connectivity index (χ1) is 11.6. The van der Waals surface area contributed by atoms with Gasteiger partial charge < -0.3 is 11.1 Å². The van der Waals surface area contributed by atoms with Gasteiger partial charge in [0.1, 0.15) is 5.69 Å². The van der Waals surface area contributed by atoms with Gasteiger partial charge in [0.15, 0.2) is 5.82 Å². The van der Waals surface area contributed by atoms with Crippen molar-refractivity contribution in [3.05, 3.63) is 65.4 Å². The minimum atomic E-state index is -0.300. The quantitative estimate of drug-likeness (QED) is 0.765. The molecule has 0 aliphatic rings. The number of nitrogens with one attached hydrogen (secondary N) is 1. The topological polar surface area (TPSA) is 98.7 Å². The number of aromatic nitrogens is 4. The van der Waals surface area contributed by atoms with Crippen molar-refractivity contribution in [2.75, 3.05) is 5.32 Å². The van der Waals surface area contributed by atoms with Crippen LogP contribution in [-0.4, -0.2) is 25.7 Å². The number of carbonyl (C=O) groups is 1. The molecule has 122 valence electrons. The zero-order chi connectivity index (χ0) is 17.1. The largest absolute Gasteiger partial charge is 0.325 e. The van der Waals surface area contributed by atoms with Crippen molar-refractivity contribution in [2.45, 2.75) is 20.4 Å². The molecule has 3 aromatic rings. The number of hydrogen-bond acceptors (Lipinski definition) is 5. The molecule has 3 rings (SSSR count). The van der Waals surface area contributed by atoms with E-state index in [4.69, 9.17) is 5.73 Å². The molecule has 0 fully saturated rings. The Labute approximate surface area is 139 Å². The van der Waals surface area contributed by atoms with Crippen LogP contribution in [0.4, 0.5) is 5.69 Å². The Bertz CT molecular complexity index is 869. The summed E-state index contributed by atoms with van der Waals surface area (Å²) < 4.78 is 1.76. The van der Waals surface area contributed by atoms with Gasteiger partial charge in [-0.05, 0) is 44.2 Å². The molecular weight excluding hydrogens is 304 g/mol. The molecule has 7 nitrogen and oxygen atoms in total. The Hall–Kier alpha value is -3.06. The zero-order valence-electron chi connectivity index (χ0n) is 13.5. The Balaban J connectivity index is 1.76. The molecular formula is C17H18N6O. The van der Waals surface area contributed by atoms with Crippen molar-refractivity contribution in [1.29, 1.82) is 0 Å². The summed E-state index contributed by atoms with van der Waals surface area (Å²) in [5.74, 6) is 0.396. The highest BCUT2D eigenvalue weighted by Crippen LogP contribution is 2.13. The molecule has 0 saturated heterocycles. The molecule has 1 amide bonds. The fourth-order valence-corrected chi connectivity index (χ4v) is 2.36. The SMILES string of the molecule is Cc1cc(C)n(-c2ccc(NC(=O)c3cccc(CN)n3)cn2)n1. The molecule has 0 spiro atoms. The number of pyridine rings is 2. The van der Waals surface area contributed by atoms with Gasteiger partial charge in [0.2, 0.25) is 0 Å². The van der Waals surface area contributed by atoms with E-state index < -0.39 is 0 Å². The van der Waals surface area contributed by atoms with Crippen LogP contribution in [0.1, 0.15) is 27.6 Å². The van der Waals surface area contributed by atoms with Crippen LogP contribution >= 0.6 is 0 Å². The van der Waals surface area contributed by atoms with E-state index in [1.165, 1.54) is 0 Å². The third-order valence-electron chi connectivity index (χ3n) is 3.48. The van der Waals surface area contributed by atoms with Gasteiger partial charge in [0.25, 0.3) is 5.91 Å². The molecule has 0 saturated carbocycles. The molecule has 3 aromatic heterocycles. The summed E-state index contributed by atoms with van der Waals surface area (Å²) in [6, 6.07) is 10.7. The van der Waals surface area contributed by atoms with Crippen LogP contribution in [0.15, 0.2) is 42.6 Å². The van der Waals surface area contributed by atoms with Gasteiger partial charge in [0.05, 0.1) is 23.3 Å². The number of rotatable bonds is 4. The van der Waals surface area contributed by atoms with Crippen molar-refractivity contribution < 1.29 is 4.79 Å². The van der Waals surface area contributed by atoms with E-state index in [2.05, 4.69) is 20.4 Å². The second kappa shape index (κ2) is 6.59. The van der Waals surface area contributed by atoms with E-state index in [0.717, 1.165) is 11.4 Å². The number of hydrogen-bond donors (Lipinski definition) is 2. The van der Waals surface area contributed by atoms with E-state index in [9.17, 15) is 4.79 Å². The van der Waals surface area contributed by atoms with Crippen LogP contribution in [0.25, 0.3) is 5.82 Å². The number of nitrogens with zero attached hydrogens (tertiary/aromatic N) is 4. The smallest absolute Gasteiger partial charge is 0.274 e. The lowest BCUT2D eigenvalue weighted by Gasteiger charge is -2.07.